The smallest absolute Gasteiger partial charge is 0.244 e. The van der Waals surface area contributed by atoms with Gasteiger partial charge in [-0.05, 0) is 48.7 Å². The number of methoxy groups -OCH3 is 1. The van der Waals surface area contributed by atoms with Gasteiger partial charge in [0.2, 0.25) is 11.8 Å². The number of carbonyl (C=O) groups excluding carboxylic acids is 2. The molecule has 1 aromatic heterocycles. The number of carbonyl (C=O) groups is 2. The molecule has 2 aromatic carbocycles. The van der Waals surface area contributed by atoms with Gasteiger partial charge >= 0.3 is 0 Å². The van der Waals surface area contributed by atoms with Crippen molar-refractivity contribution < 1.29 is 14.3 Å². The highest BCUT2D eigenvalue weighted by atomic mass is 16.5. The minimum atomic E-state index is -0.696. The van der Waals surface area contributed by atoms with Gasteiger partial charge < -0.3 is 20.4 Å². The molecule has 0 spiro atoms. The summed E-state index contributed by atoms with van der Waals surface area (Å²) in [7, 11) is 1.60. The van der Waals surface area contributed by atoms with Gasteiger partial charge in [-0.2, -0.15) is 0 Å². The molecule has 7 nitrogen and oxygen atoms in total. The molecule has 2 atom stereocenters. The third kappa shape index (κ3) is 5.72. The van der Waals surface area contributed by atoms with Crippen LogP contribution in [0.5, 0.6) is 5.75 Å². The van der Waals surface area contributed by atoms with Crippen LogP contribution in [0.3, 0.4) is 0 Å². The number of H-pyrrole nitrogens is 1. The van der Waals surface area contributed by atoms with Crippen LogP contribution in [0.2, 0.25) is 0 Å². The highest BCUT2D eigenvalue weighted by Gasteiger charge is 2.24. The molecular weight excluding hydrogens is 392 g/mol. The molecule has 0 aliphatic heterocycles. The monoisotopic (exact) mass is 420 g/mol. The zero-order valence-electron chi connectivity index (χ0n) is 18.2. The third-order valence-corrected chi connectivity index (χ3v) is 4.96. The van der Waals surface area contributed by atoms with Crippen molar-refractivity contribution in [1.29, 1.82) is 0 Å². The molecule has 0 fully saturated rings. The second-order valence-corrected chi connectivity index (χ2v) is 7.71. The van der Waals surface area contributed by atoms with Crippen molar-refractivity contribution in [2.45, 2.75) is 32.9 Å². The Hall–Kier alpha value is -3.61. The van der Waals surface area contributed by atoms with Crippen LogP contribution in [0.1, 0.15) is 38.2 Å². The van der Waals surface area contributed by atoms with E-state index in [-0.39, 0.29) is 23.8 Å². The van der Waals surface area contributed by atoms with E-state index < -0.39 is 6.04 Å². The fourth-order valence-electron chi connectivity index (χ4n) is 3.16. The van der Waals surface area contributed by atoms with E-state index in [1.807, 2.05) is 62.4 Å². The van der Waals surface area contributed by atoms with Crippen molar-refractivity contribution in [3.8, 4) is 5.75 Å². The van der Waals surface area contributed by atoms with Crippen LogP contribution >= 0.6 is 0 Å². The Balaban J connectivity index is 1.60. The highest BCUT2D eigenvalue weighted by Crippen LogP contribution is 2.22. The Kier molecular flexibility index (Phi) is 7.07. The average Bonchev–Trinajstić information content (AvgIpc) is 3.19. The van der Waals surface area contributed by atoms with E-state index >= 15 is 0 Å². The summed E-state index contributed by atoms with van der Waals surface area (Å²) in [5.41, 5.74) is 2.63. The first-order valence-electron chi connectivity index (χ1n) is 10.2. The first kappa shape index (κ1) is 22.1. The van der Waals surface area contributed by atoms with Crippen molar-refractivity contribution >= 4 is 28.9 Å². The summed E-state index contributed by atoms with van der Waals surface area (Å²) in [6.45, 7) is 5.68. The van der Waals surface area contributed by atoms with Crippen molar-refractivity contribution in [2.75, 3.05) is 7.11 Å². The quantitative estimate of drug-likeness (QED) is 0.485. The van der Waals surface area contributed by atoms with Crippen molar-refractivity contribution in [1.82, 2.24) is 20.6 Å². The van der Waals surface area contributed by atoms with Gasteiger partial charge in [-0.1, -0.05) is 38.1 Å². The molecule has 7 heteroatoms. The summed E-state index contributed by atoms with van der Waals surface area (Å²) in [5, 5.41) is 5.70. The fourth-order valence-corrected chi connectivity index (χ4v) is 3.16. The molecule has 1 heterocycles. The third-order valence-electron chi connectivity index (χ3n) is 4.96. The van der Waals surface area contributed by atoms with Crippen LogP contribution in [0, 0.1) is 5.92 Å². The SMILES string of the molecule is COc1ccc(C=CC(=O)NC(C)C(=O)NC(c2nc3ccccc3[nH]2)C(C)C)cc1. The number of nitrogens with one attached hydrogen (secondary N) is 3. The van der Waals surface area contributed by atoms with Crippen molar-refractivity contribution in [3.05, 3.63) is 66.0 Å². The number of para-hydroxylation sites is 2. The second-order valence-electron chi connectivity index (χ2n) is 7.71. The molecule has 0 aliphatic carbocycles. The van der Waals surface area contributed by atoms with E-state index in [9.17, 15) is 9.59 Å². The minimum absolute atomic E-state index is 0.113. The molecule has 3 N–H and O–H groups in total. The number of rotatable bonds is 8. The average molecular weight is 421 g/mol. The Morgan fingerprint density at radius 3 is 2.39 bits per heavy atom. The maximum absolute atomic E-state index is 12.7. The van der Waals surface area contributed by atoms with Crippen LogP contribution in [0.15, 0.2) is 54.6 Å². The molecule has 0 radical (unpaired) electrons. The molecular formula is C24H28N4O3. The molecule has 0 saturated carbocycles. The summed E-state index contributed by atoms with van der Waals surface area (Å²) >= 11 is 0. The fraction of sp³-hybridized carbons (Fsp3) is 0.292. The number of amides is 2. The molecule has 3 aromatic rings. The van der Waals surface area contributed by atoms with Gasteiger partial charge in [0.05, 0.1) is 24.2 Å². The standard InChI is InChI=1S/C24H28N4O3/c1-15(2)22(23-26-19-7-5-6-8-20(19)27-23)28-24(30)16(3)25-21(29)14-11-17-9-12-18(31-4)13-10-17/h5-16,22H,1-4H3,(H,25,29)(H,26,27)(H,28,30). The summed E-state index contributed by atoms with van der Waals surface area (Å²) in [6, 6.07) is 14.1. The summed E-state index contributed by atoms with van der Waals surface area (Å²) < 4.78 is 5.12. The highest BCUT2D eigenvalue weighted by molar-refractivity contribution is 5.95. The molecule has 0 bridgehead atoms. The number of benzene rings is 2. The number of nitrogens with zero attached hydrogens (tertiary/aromatic N) is 1. The zero-order chi connectivity index (χ0) is 22.4. The molecule has 2 amide bonds. The number of fused-ring (bicyclic) bond motifs is 1. The molecule has 0 aliphatic rings. The Morgan fingerprint density at radius 2 is 1.74 bits per heavy atom. The van der Waals surface area contributed by atoms with Crippen LogP contribution in [-0.2, 0) is 9.59 Å². The van der Waals surface area contributed by atoms with E-state index in [1.165, 1.54) is 6.08 Å². The number of ether oxygens (including phenoxy) is 1. The number of aromatic amines is 1. The first-order valence-corrected chi connectivity index (χ1v) is 10.2. The van der Waals surface area contributed by atoms with E-state index in [2.05, 4.69) is 20.6 Å². The van der Waals surface area contributed by atoms with E-state index in [4.69, 9.17) is 4.74 Å². The van der Waals surface area contributed by atoms with Crippen molar-refractivity contribution in [3.63, 3.8) is 0 Å². The summed E-state index contributed by atoms with van der Waals surface area (Å²) in [5.74, 6) is 0.939. The normalized spacial score (nSPS) is 13.3. The second kappa shape index (κ2) is 9.93. The van der Waals surface area contributed by atoms with Crippen LogP contribution in [0.4, 0.5) is 0 Å². The summed E-state index contributed by atoms with van der Waals surface area (Å²) in [6.07, 6.45) is 3.09. The van der Waals surface area contributed by atoms with Gasteiger partial charge in [0.1, 0.15) is 17.6 Å². The van der Waals surface area contributed by atoms with Gasteiger partial charge in [0, 0.05) is 6.08 Å². The number of hydrogen-bond donors (Lipinski definition) is 3. The lowest BCUT2D eigenvalue weighted by Crippen LogP contribution is -2.46. The van der Waals surface area contributed by atoms with E-state index in [0.717, 1.165) is 22.3 Å². The Labute approximate surface area is 181 Å². The lowest BCUT2D eigenvalue weighted by Gasteiger charge is -2.22. The largest absolute Gasteiger partial charge is 0.497 e. The number of aromatic nitrogens is 2. The van der Waals surface area contributed by atoms with Gasteiger partial charge in [0.15, 0.2) is 0 Å². The minimum Gasteiger partial charge on any atom is -0.497 e. The van der Waals surface area contributed by atoms with Gasteiger partial charge in [-0.3, -0.25) is 9.59 Å². The maximum atomic E-state index is 12.7. The Morgan fingerprint density at radius 1 is 1.03 bits per heavy atom. The molecule has 2 unspecified atom stereocenters. The molecule has 162 valence electrons. The predicted octanol–water partition coefficient (Wildman–Crippen LogP) is 3.60. The predicted molar refractivity (Wildman–Crippen MR) is 121 cm³/mol. The van der Waals surface area contributed by atoms with Crippen molar-refractivity contribution in [2.24, 2.45) is 5.92 Å². The lowest BCUT2D eigenvalue weighted by atomic mass is 10.0. The number of hydrogen-bond acceptors (Lipinski definition) is 4. The van der Waals surface area contributed by atoms with Gasteiger partial charge in [-0.15, -0.1) is 0 Å². The number of imidazole rings is 1. The Bertz CT molecular complexity index is 1040. The topological polar surface area (TPSA) is 96.1 Å². The van der Waals surface area contributed by atoms with Gasteiger partial charge in [-0.25, -0.2) is 4.98 Å². The van der Waals surface area contributed by atoms with Gasteiger partial charge in [0.25, 0.3) is 0 Å². The van der Waals surface area contributed by atoms with E-state index in [0.29, 0.717) is 5.82 Å². The molecule has 0 saturated heterocycles. The molecule has 31 heavy (non-hydrogen) atoms. The van der Waals surface area contributed by atoms with Crippen LogP contribution in [-0.4, -0.2) is 34.9 Å². The van der Waals surface area contributed by atoms with Crippen LogP contribution < -0.4 is 15.4 Å². The summed E-state index contributed by atoms with van der Waals surface area (Å²) in [4.78, 5) is 32.8. The molecule has 3 rings (SSSR count). The maximum Gasteiger partial charge on any atom is 0.244 e. The first-order chi connectivity index (χ1) is 14.9. The zero-order valence-corrected chi connectivity index (χ0v) is 18.2. The van der Waals surface area contributed by atoms with E-state index in [1.54, 1.807) is 20.1 Å². The lowest BCUT2D eigenvalue weighted by molar-refractivity contribution is -0.127. The van der Waals surface area contributed by atoms with Crippen LogP contribution in [0.25, 0.3) is 17.1 Å².